The molecule has 1 heterocycles. The highest BCUT2D eigenvalue weighted by Crippen LogP contribution is 2.30. The SMILES string of the molecule is CC(N)CCC(=O)Nc1ccccc1CN1CCc2ccccc21.Cl.Cl. The average Bonchev–Trinajstić information content (AvgIpc) is 2.98. The molecule has 1 unspecified atom stereocenters. The molecule has 1 amide bonds. The van der Waals surface area contributed by atoms with E-state index in [1.807, 2.05) is 25.1 Å². The Morgan fingerprint density at radius 1 is 1.15 bits per heavy atom. The number of rotatable bonds is 6. The first-order chi connectivity index (χ1) is 11.6. The lowest BCUT2D eigenvalue weighted by Crippen LogP contribution is -2.22. The molecule has 1 atom stereocenters. The molecule has 0 aliphatic carbocycles. The molecule has 0 radical (unpaired) electrons. The number of nitrogens with zero attached hydrogens (tertiary/aromatic N) is 1. The lowest BCUT2D eigenvalue weighted by molar-refractivity contribution is -0.116. The van der Waals surface area contributed by atoms with Crippen molar-refractivity contribution >= 4 is 42.1 Å². The highest BCUT2D eigenvalue weighted by molar-refractivity contribution is 5.91. The van der Waals surface area contributed by atoms with E-state index in [-0.39, 0.29) is 36.8 Å². The van der Waals surface area contributed by atoms with Gasteiger partial charge in [0.05, 0.1) is 0 Å². The minimum atomic E-state index is 0. The maximum atomic E-state index is 12.1. The predicted molar refractivity (Wildman–Crippen MR) is 114 cm³/mol. The smallest absolute Gasteiger partial charge is 0.224 e. The number of nitrogens with one attached hydrogen (secondary N) is 1. The second-order valence-electron chi connectivity index (χ2n) is 6.52. The zero-order chi connectivity index (χ0) is 16.9. The Morgan fingerprint density at radius 3 is 2.62 bits per heavy atom. The van der Waals surface area contributed by atoms with Crippen molar-refractivity contribution in [2.24, 2.45) is 5.73 Å². The van der Waals surface area contributed by atoms with Crippen LogP contribution in [-0.4, -0.2) is 18.5 Å². The topological polar surface area (TPSA) is 58.4 Å². The molecule has 142 valence electrons. The molecule has 0 aromatic heterocycles. The molecule has 26 heavy (non-hydrogen) atoms. The molecule has 1 aliphatic rings. The van der Waals surface area contributed by atoms with Gasteiger partial charge in [0.15, 0.2) is 0 Å². The summed E-state index contributed by atoms with van der Waals surface area (Å²) < 4.78 is 0. The van der Waals surface area contributed by atoms with E-state index in [0.29, 0.717) is 12.8 Å². The molecule has 1 aliphatic heterocycles. The highest BCUT2D eigenvalue weighted by Gasteiger charge is 2.19. The van der Waals surface area contributed by atoms with Gasteiger partial charge in [0, 0.05) is 36.9 Å². The van der Waals surface area contributed by atoms with E-state index in [1.165, 1.54) is 11.3 Å². The van der Waals surface area contributed by atoms with E-state index < -0.39 is 0 Å². The number of para-hydroxylation sites is 2. The molecule has 0 saturated carbocycles. The van der Waals surface area contributed by atoms with Gasteiger partial charge in [-0.15, -0.1) is 24.8 Å². The number of carbonyl (C=O) groups excluding carboxylic acids is 1. The van der Waals surface area contributed by atoms with Gasteiger partial charge in [-0.05, 0) is 43.0 Å². The molecule has 6 heteroatoms. The van der Waals surface area contributed by atoms with Crippen LogP contribution in [0.25, 0.3) is 0 Å². The minimum Gasteiger partial charge on any atom is -0.367 e. The Hall–Kier alpha value is -1.75. The van der Waals surface area contributed by atoms with Crippen LogP contribution >= 0.6 is 24.8 Å². The number of hydrogen-bond donors (Lipinski definition) is 2. The lowest BCUT2D eigenvalue weighted by atomic mass is 10.1. The van der Waals surface area contributed by atoms with E-state index in [2.05, 4.69) is 40.5 Å². The van der Waals surface area contributed by atoms with Crippen molar-refractivity contribution in [3.63, 3.8) is 0 Å². The second-order valence-corrected chi connectivity index (χ2v) is 6.52. The van der Waals surface area contributed by atoms with Crippen molar-refractivity contribution in [2.75, 3.05) is 16.8 Å². The Labute approximate surface area is 168 Å². The summed E-state index contributed by atoms with van der Waals surface area (Å²) in [7, 11) is 0. The summed E-state index contributed by atoms with van der Waals surface area (Å²) >= 11 is 0. The van der Waals surface area contributed by atoms with Crippen molar-refractivity contribution in [1.82, 2.24) is 0 Å². The fraction of sp³-hybridized carbons (Fsp3) is 0.350. The Balaban J connectivity index is 0.00000169. The summed E-state index contributed by atoms with van der Waals surface area (Å²) in [6.07, 6.45) is 2.24. The number of carbonyl (C=O) groups is 1. The van der Waals surface area contributed by atoms with Crippen LogP contribution in [0.5, 0.6) is 0 Å². The lowest BCUT2D eigenvalue weighted by Gasteiger charge is -2.21. The highest BCUT2D eigenvalue weighted by atomic mass is 35.5. The van der Waals surface area contributed by atoms with Crippen LogP contribution in [0.3, 0.4) is 0 Å². The maximum absolute atomic E-state index is 12.1. The van der Waals surface area contributed by atoms with Crippen molar-refractivity contribution in [1.29, 1.82) is 0 Å². The van der Waals surface area contributed by atoms with Crippen molar-refractivity contribution < 1.29 is 4.79 Å². The van der Waals surface area contributed by atoms with Crippen molar-refractivity contribution in [2.45, 2.75) is 38.8 Å². The third-order valence-electron chi connectivity index (χ3n) is 4.46. The predicted octanol–water partition coefficient (Wildman–Crippen LogP) is 4.16. The fourth-order valence-electron chi connectivity index (χ4n) is 3.13. The minimum absolute atomic E-state index is 0. The van der Waals surface area contributed by atoms with Gasteiger partial charge in [-0.1, -0.05) is 36.4 Å². The first-order valence-corrected chi connectivity index (χ1v) is 8.59. The molecular formula is C20H27Cl2N3O. The molecule has 0 saturated heterocycles. The molecule has 4 nitrogen and oxygen atoms in total. The van der Waals surface area contributed by atoms with Gasteiger partial charge in [-0.3, -0.25) is 4.79 Å². The second kappa shape index (κ2) is 10.4. The molecule has 3 rings (SSSR count). The van der Waals surface area contributed by atoms with E-state index in [4.69, 9.17) is 5.73 Å². The molecule has 2 aromatic carbocycles. The number of hydrogen-bond acceptors (Lipinski definition) is 3. The number of nitrogens with two attached hydrogens (primary N) is 1. The Morgan fingerprint density at radius 2 is 1.85 bits per heavy atom. The summed E-state index contributed by atoms with van der Waals surface area (Å²) in [5.74, 6) is 0.0292. The first kappa shape index (κ1) is 22.3. The number of halogens is 2. The third kappa shape index (κ3) is 5.63. The van der Waals surface area contributed by atoms with E-state index in [9.17, 15) is 4.79 Å². The summed E-state index contributed by atoms with van der Waals surface area (Å²) in [6, 6.07) is 16.6. The van der Waals surface area contributed by atoms with E-state index >= 15 is 0 Å². The zero-order valence-electron chi connectivity index (χ0n) is 15.0. The molecule has 0 fully saturated rings. The largest absolute Gasteiger partial charge is 0.367 e. The average molecular weight is 396 g/mol. The van der Waals surface area contributed by atoms with Gasteiger partial charge in [-0.2, -0.15) is 0 Å². The zero-order valence-corrected chi connectivity index (χ0v) is 16.6. The molecule has 2 aromatic rings. The van der Waals surface area contributed by atoms with Gasteiger partial charge in [0.1, 0.15) is 0 Å². The van der Waals surface area contributed by atoms with E-state index in [1.54, 1.807) is 0 Å². The summed E-state index contributed by atoms with van der Waals surface area (Å²) in [5, 5.41) is 3.04. The first-order valence-electron chi connectivity index (χ1n) is 8.59. The number of amides is 1. The van der Waals surface area contributed by atoms with Crippen LogP contribution in [0.1, 0.15) is 30.9 Å². The van der Waals surface area contributed by atoms with Gasteiger partial charge in [0.2, 0.25) is 5.91 Å². The van der Waals surface area contributed by atoms with Crippen LogP contribution < -0.4 is 16.0 Å². The van der Waals surface area contributed by atoms with Crippen LogP contribution in [0.2, 0.25) is 0 Å². The number of anilines is 2. The fourth-order valence-corrected chi connectivity index (χ4v) is 3.13. The summed E-state index contributed by atoms with van der Waals surface area (Å²) in [5.41, 5.74) is 10.5. The summed E-state index contributed by atoms with van der Waals surface area (Å²) in [4.78, 5) is 14.5. The standard InChI is InChI=1S/C20H25N3O.2ClH/c1-15(21)10-11-20(24)22-18-8-4-2-7-17(18)14-23-13-12-16-6-3-5-9-19(16)23;;/h2-9,15H,10-14,21H2,1H3,(H,22,24);2*1H. The van der Waals surface area contributed by atoms with Gasteiger partial charge < -0.3 is 16.0 Å². The molecule has 0 bridgehead atoms. The van der Waals surface area contributed by atoms with Crippen molar-refractivity contribution in [3.05, 3.63) is 59.7 Å². The molecule has 0 spiro atoms. The number of fused-ring (bicyclic) bond motifs is 1. The molecular weight excluding hydrogens is 369 g/mol. The quantitative estimate of drug-likeness (QED) is 0.771. The van der Waals surface area contributed by atoms with Gasteiger partial charge in [0.25, 0.3) is 0 Å². The van der Waals surface area contributed by atoms with Crippen molar-refractivity contribution in [3.8, 4) is 0 Å². The summed E-state index contributed by atoms with van der Waals surface area (Å²) in [6.45, 7) is 3.75. The van der Waals surface area contributed by atoms with Gasteiger partial charge >= 0.3 is 0 Å². The van der Waals surface area contributed by atoms with Crippen LogP contribution in [0.4, 0.5) is 11.4 Å². The van der Waals surface area contributed by atoms with Crippen LogP contribution in [0, 0.1) is 0 Å². The number of benzene rings is 2. The van der Waals surface area contributed by atoms with Crippen LogP contribution in [-0.2, 0) is 17.8 Å². The van der Waals surface area contributed by atoms with Crippen LogP contribution in [0.15, 0.2) is 48.5 Å². The van der Waals surface area contributed by atoms with E-state index in [0.717, 1.165) is 30.8 Å². The monoisotopic (exact) mass is 395 g/mol. The normalized spacial score (nSPS) is 13.2. The van der Waals surface area contributed by atoms with Gasteiger partial charge in [-0.25, -0.2) is 0 Å². The molecule has 3 N–H and O–H groups in total. The maximum Gasteiger partial charge on any atom is 0.224 e. The Bertz CT molecular complexity index is 722. The third-order valence-corrected chi connectivity index (χ3v) is 4.46. The Kier molecular flexibility index (Phi) is 8.93.